The van der Waals surface area contributed by atoms with Crippen molar-refractivity contribution in [3.05, 3.63) is 55.0 Å². The number of hydrogen-bond donors (Lipinski definition) is 1. The SMILES string of the molecule is CS(=O)(=O)N1CCN(CC(O)COc2cc(-c3ccoc3)c3ccccc3c2)CC1. The summed E-state index contributed by atoms with van der Waals surface area (Å²) in [6.07, 6.45) is 3.91. The van der Waals surface area contributed by atoms with Gasteiger partial charge in [0.1, 0.15) is 18.5 Å². The van der Waals surface area contributed by atoms with Gasteiger partial charge in [-0.3, -0.25) is 4.90 Å². The van der Waals surface area contributed by atoms with Crippen molar-refractivity contribution >= 4 is 20.8 Å². The van der Waals surface area contributed by atoms with Crippen LogP contribution in [0.2, 0.25) is 0 Å². The van der Waals surface area contributed by atoms with E-state index in [0.29, 0.717) is 38.5 Å². The second kappa shape index (κ2) is 8.77. The average Bonchev–Trinajstić information content (AvgIpc) is 3.26. The number of furan rings is 1. The molecule has 1 saturated heterocycles. The van der Waals surface area contributed by atoms with E-state index in [4.69, 9.17) is 9.15 Å². The first-order valence-electron chi connectivity index (χ1n) is 9.94. The first kappa shape index (κ1) is 20.9. The van der Waals surface area contributed by atoms with Gasteiger partial charge in [-0.15, -0.1) is 0 Å². The van der Waals surface area contributed by atoms with Crippen LogP contribution >= 0.6 is 0 Å². The van der Waals surface area contributed by atoms with Gasteiger partial charge in [0.05, 0.1) is 18.8 Å². The highest BCUT2D eigenvalue weighted by Gasteiger charge is 2.24. The molecule has 2 heterocycles. The van der Waals surface area contributed by atoms with Crippen LogP contribution in [0.3, 0.4) is 0 Å². The second-order valence-corrected chi connectivity index (χ2v) is 9.61. The van der Waals surface area contributed by atoms with E-state index >= 15 is 0 Å². The molecule has 0 amide bonds. The Balaban J connectivity index is 1.39. The minimum absolute atomic E-state index is 0.162. The maximum atomic E-state index is 11.6. The molecule has 0 spiro atoms. The molecule has 1 unspecified atom stereocenters. The van der Waals surface area contributed by atoms with Crippen LogP contribution in [-0.2, 0) is 10.0 Å². The molecule has 160 valence electrons. The zero-order chi connectivity index (χ0) is 21.1. The van der Waals surface area contributed by atoms with Crippen LogP contribution in [0.1, 0.15) is 0 Å². The fourth-order valence-electron chi connectivity index (χ4n) is 3.81. The second-order valence-electron chi connectivity index (χ2n) is 7.63. The van der Waals surface area contributed by atoms with Crippen molar-refractivity contribution in [2.24, 2.45) is 0 Å². The monoisotopic (exact) mass is 430 g/mol. The minimum atomic E-state index is -3.15. The van der Waals surface area contributed by atoms with E-state index < -0.39 is 16.1 Å². The van der Waals surface area contributed by atoms with Crippen LogP contribution in [0.15, 0.2) is 59.4 Å². The summed E-state index contributed by atoms with van der Waals surface area (Å²) in [5.41, 5.74) is 1.99. The Morgan fingerprint density at radius 2 is 1.90 bits per heavy atom. The number of piperazine rings is 1. The van der Waals surface area contributed by atoms with E-state index in [2.05, 4.69) is 11.0 Å². The number of hydrogen-bond acceptors (Lipinski definition) is 6. The third-order valence-electron chi connectivity index (χ3n) is 5.38. The number of aliphatic hydroxyl groups excluding tert-OH is 1. The lowest BCUT2D eigenvalue weighted by atomic mass is 10.00. The van der Waals surface area contributed by atoms with Gasteiger partial charge >= 0.3 is 0 Å². The fraction of sp³-hybridized carbons (Fsp3) is 0.364. The van der Waals surface area contributed by atoms with E-state index in [0.717, 1.165) is 21.9 Å². The zero-order valence-corrected chi connectivity index (χ0v) is 17.7. The average molecular weight is 431 g/mol. The van der Waals surface area contributed by atoms with Gasteiger partial charge in [-0.2, -0.15) is 4.31 Å². The molecule has 30 heavy (non-hydrogen) atoms. The van der Waals surface area contributed by atoms with Crippen LogP contribution in [-0.4, -0.2) is 74.4 Å². The van der Waals surface area contributed by atoms with Gasteiger partial charge in [-0.1, -0.05) is 24.3 Å². The van der Waals surface area contributed by atoms with Crippen LogP contribution in [0, 0.1) is 0 Å². The Morgan fingerprint density at radius 1 is 1.13 bits per heavy atom. The van der Waals surface area contributed by atoms with Crippen LogP contribution in [0.4, 0.5) is 0 Å². The van der Waals surface area contributed by atoms with E-state index in [9.17, 15) is 13.5 Å². The number of benzene rings is 2. The third kappa shape index (κ3) is 4.84. The molecule has 2 aromatic carbocycles. The number of nitrogens with zero attached hydrogens (tertiary/aromatic N) is 2. The molecule has 3 aromatic rings. The maximum absolute atomic E-state index is 11.6. The Bertz CT molecular complexity index is 1090. The van der Waals surface area contributed by atoms with Crippen LogP contribution in [0.5, 0.6) is 5.75 Å². The lowest BCUT2D eigenvalue weighted by Crippen LogP contribution is -2.50. The Hall–Kier alpha value is -2.39. The van der Waals surface area contributed by atoms with Gasteiger partial charge in [-0.25, -0.2) is 8.42 Å². The summed E-state index contributed by atoms with van der Waals surface area (Å²) in [4.78, 5) is 2.06. The highest BCUT2D eigenvalue weighted by Crippen LogP contribution is 2.33. The van der Waals surface area contributed by atoms with E-state index in [1.165, 1.54) is 10.6 Å². The molecule has 1 atom stereocenters. The molecule has 8 heteroatoms. The third-order valence-corrected chi connectivity index (χ3v) is 6.68. The number of fused-ring (bicyclic) bond motifs is 1. The van der Waals surface area contributed by atoms with Crippen molar-refractivity contribution in [2.75, 3.05) is 45.6 Å². The van der Waals surface area contributed by atoms with Gasteiger partial charge in [-0.05, 0) is 34.5 Å². The summed E-state index contributed by atoms with van der Waals surface area (Å²) < 4.78 is 35.9. The van der Waals surface area contributed by atoms with E-state index in [-0.39, 0.29) is 6.61 Å². The Labute approximate surface area is 176 Å². The number of ether oxygens (including phenoxy) is 1. The van der Waals surface area contributed by atoms with Crippen molar-refractivity contribution in [1.82, 2.24) is 9.21 Å². The molecule has 7 nitrogen and oxygen atoms in total. The molecular weight excluding hydrogens is 404 g/mol. The Kier molecular flexibility index (Phi) is 6.10. The molecule has 0 bridgehead atoms. The number of aliphatic hydroxyl groups is 1. The number of β-amino-alcohol motifs (C(OH)–C–C–N with tert-alkyl or cyclic N) is 1. The molecule has 1 aliphatic rings. The van der Waals surface area contributed by atoms with Crippen LogP contribution in [0.25, 0.3) is 21.9 Å². The summed E-state index contributed by atoms with van der Waals surface area (Å²) in [6.45, 7) is 2.71. The summed E-state index contributed by atoms with van der Waals surface area (Å²) >= 11 is 0. The molecule has 1 N–H and O–H groups in total. The lowest BCUT2D eigenvalue weighted by Gasteiger charge is -2.34. The van der Waals surface area contributed by atoms with Gasteiger partial charge in [0.2, 0.25) is 10.0 Å². The molecular formula is C22H26N2O5S. The summed E-state index contributed by atoms with van der Waals surface area (Å²) in [6, 6.07) is 13.9. The largest absolute Gasteiger partial charge is 0.491 e. The van der Waals surface area contributed by atoms with Gasteiger partial charge in [0.25, 0.3) is 0 Å². The quantitative estimate of drug-likeness (QED) is 0.620. The normalized spacial score (nSPS) is 17.3. The predicted molar refractivity (Wildman–Crippen MR) is 116 cm³/mol. The molecule has 4 rings (SSSR count). The van der Waals surface area contributed by atoms with Gasteiger partial charge in [0.15, 0.2) is 0 Å². The van der Waals surface area contributed by atoms with Crippen molar-refractivity contribution in [1.29, 1.82) is 0 Å². The van der Waals surface area contributed by atoms with E-state index in [1.54, 1.807) is 12.5 Å². The first-order chi connectivity index (χ1) is 14.4. The van der Waals surface area contributed by atoms with Crippen molar-refractivity contribution in [3.63, 3.8) is 0 Å². The Morgan fingerprint density at radius 3 is 2.60 bits per heavy atom. The molecule has 1 aromatic heterocycles. The number of rotatable bonds is 7. The molecule has 0 aliphatic carbocycles. The summed E-state index contributed by atoms with van der Waals surface area (Å²) in [5, 5.41) is 12.6. The molecule has 1 fully saturated rings. The lowest BCUT2D eigenvalue weighted by molar-refractivity contribution is 0.0570. The summed E-state index contributed by atoms with van der Waals surface area (Å²) in [5.74, 6) is 0.686. The van der Waals surface area contributed by atoms with Crippen molar-refractivity contribution in [3.8, 4) is 16.9 Å². The highest BCUT2D eigenvalue weighted by atomic mass is 32.2. The molecule has 0 radical (unpaired) electrons. The van der Waals surface area contributed by atoms with Gasteiger partial charge in [0, 0.05) is 38.3 Å². The topological polar surface area (TPSA) is 83.2 Å². The van der Waals surface area contributed by atoms with Gasteiger partial charge < -0.3 is 14.3 Å². The highest BCUT2D eigenvalue weighted by molar-refractivity contribution is 7.88. The predicted octanol–water partition coefficient (Wildman–Crippen LogP) is 2.42. The zero-order valence-electron chi connectivity index (χ0n) is 16.9. The maximum Gasteiger partial charge on any atom is 0.211 e. The van der Waals surface area contributed by atoms with E-state index in [1.807, 2.05) is 36.4 Å². The number of sulfonamides is 1. The summed E-state index contributed by atoms with van der Waals surface area (Å²) in [7, 11) is -3.15. The minimum Gasteiger partial charge on any atom is -0.491 e. The van der Waals surface area contributed by atoms with Crippen LogP contribution < -0.4 is 4.74 Å². The van der Waals surface area contributed by atoms with Crippen molar-refractivity contribution < 1.29 is 22.7 Å². The first-order valence-corrected chi connectivity index (χ1v) is 11.8. The fourth-order valence-corrected chi connectivity index (χ4v) is 4.64. The molecule has 0 saturated carbocycles. The smallest absolute Gasteiger partial charge is 0.211 e. The molecule has 1 aliphatic heterocycles. The van der Waals surface area contributed by atoms with Crippen molar-refractivity contribution in [2.45, 2.75) is 6.10 Å². The standard InChI is InChI=1S/C22H26N2O5S/c1-30(26,27)24-9-7-23(8-10-24)14-19(25)16-29-20-12-17-4-2-3-5-21(17)22(13-20)18-6-11-28-15-18/h2-6,11-13,15,19,25H,7-10,14,16H2,1H3.